The van der Waals surface area contributed by atoms with Crippen molar-refractivity contribution in [1.82, 2.24) is 15.5 Å². The topological polar surface area (TPSA) is 73.8 Å². The fourth-order valence-corrected chi connectivity index (χ4v) is 4.12. The van der Waals surface area contributed by atoms with E-state index in [1.54, 1.807) is 20.8 Å². The Morgan fingerprint density at radius 3 is 2.44 bits per heavy atom. The van der Waals surface area contributed by atoms with Gasteiger partial charge in [-0.2, -0.15) is 0 Å². The van der Waals surface area contributed by atoms with Crippen molar-refractivity contribution in [1.29, 1.82) is 0 Å². The van der Waals surface area contributed by atoms with Crippen LogP contribution in [0.25, 0.3) is 0 Å². The normalized spacial score (nSPS) is 25.6. The van der Waals surface area contributed by atoms with Gasteiger partial charge in [-0.15, -0.1) is 24.0 Å². The van der Waals surface area contributed by atoms with Gasteiger partial charge in [-0.25, -0.2) is 8.42 Å². The first kappa shape index (κ1) is 23.0. The van der Waals surface area contributed by atoms with Crippen molar-refractivity contribution >= 4 is 39.8 Å². The molecule has 0 aromatic carbocycles. The maximum atomic E-state index is 12.2. The number of rotatable bonds is 6. The summed E-state index contributed by atoms with van der Waals surface area (Å²) in [6.07, 6.45) is 3.77. The molecule has 2 rings (SSSR count). The van der Waals surface area contributed by atoms with Crippen LogP contribution < -0.4 is 10.6 Å². The quantitative estimate of drug-likeness (QED) is 0.342. The minimum absolute atomic E-state index is 0. The SMILES string of the molecule is CCNC(=NCCS(=O)(=O)C(C)(C)C)NC1CC(C)N(C2CC2)C1.I. The number of halogens is 1. The van der Waals surface area contributed by atoms with Crippen molar-refractivity contribution in [2.24, 2.45) is 4.99 Å². The number of nitrogens with one attached hydrogen (secondary N) is 2. The third-order valence-corrected chi connectivity index (χ3v) is 7.47. The molecule has 2 aliphatic rings. The number of hydrogen-bond acceptors (Lipinski definition) is 4. The van der Waals surface area contributed by atoms with Crippen LogP contribution in [-0.2, 0) is 9.84 Å². The Morgan fingerprint density at radius 1 is 1.28 bits per heavy atom. The summed E-state index contributed by atoms with van der Waals surface area (Å²) in [5.74, 6) is 0.818. The molecule has 0 aromatic heterocycles. The molecule has 1 heterocycles. The summed E-state index contributed by atoms with van der Waals surface area (Å²) < 4.78 is 23.7. The van der Waals surface area contributed by atoms with Crippen LogP contribution in [0.15, 0.2) is 4.99 Å². The molecule has 0 radical (unpaired) electrons. The summed E-state index contributed by atoms with van der Waals surface area (Å²) in [6.45, 7) is 11.6. The van der Waals surface area contributed by atoms with Gasteiger partial charge in [0.1, 0.15) is 0 Å². The minimum Gasteiger partial charge on any atom is -0.357 e. The lowest BCUT2D eigenvalue weighted by Gasteiger charge is -2.20. The average Bonchev–Trinajstić information content (AvgIpc) is 3.22. The van der Waals surface area contributed by atoms with Crippen molar-refractivity contribution in [3.63, 3.8) is 0 Å². The molecule has 6 nitrogen and oxygen atoms in total. The predicted octanol–water partition coefficient (Wildman–Crippen LogP) is 2.00. The van der Waals surface area contributed by atoms with Crippen LogP contribution in [0.2, 0.25) is 0 Å². The monoisotopic (exact) mass is 486 g/mol. The molecule has 148 valence electrons. The van der Waals surface area contributed by atoms with Gasteiger partial charge in [-0.3, -0.25) is 9.89 Å². The Bertz CT molecular complexity index is 555. The molecular weight excluding hydrogens is 451 g/mol. The van der Waals surface area contributed by atoms with Gasteiger partial charge in [0, 0.05) is 31.2 Å². The molecule has 0 aromatic rings. The molecule has 0 bridgehead atoms. The van der Waals surface area contributed by atoms with Crippen LogP contribution in [0.1, 0.15) is 53.9 Å². The van der Waals surface area contributed by atoms with Gasteiger partial charge in [0.2, 0.25) is 0 Å². The molecule has 1 aliphatic heterocycles. The molecule has 2 N–H and O–H groups in total. The molecular formula is C17H35IN4O2S. The number of hydrogen-bond donors (Lipinski definition) is 2. The summed E-state index contributed by atoms with van der Waals surface area (Å²) in [5.41, 5.74) is 0. The number of aliphatic imine (C=N–C) groups is 1. The van der Waals surface area contributed by atoms with E-state index in [0.717, 1.165) is 31.5 Å². The summed E-state index contributed by atoms with van der Waals surface area (Å²) in [4.78, 5) is 7.07. The third kappa shape index (κ3) is 6.53. The van der Waals surface area contributed by atoms with Gasteiger partial charge in [0.05, 0.1) is 17.0 Å². The molecule has 0 amide bonds. The Morgan fingerprint density at radius 2 is 1.92 bits per heavy atom. The largest absolute Gasteiger partial charge is 0.357 e. The van der Waals surface area contributed by atoms with Crippen molar-refractivity contribution in [2.75, 3.05) is 25.4 Å². The van der Waals surface area contributed by atoms with Gasteiger partial charge in [-0.1, -0.05) is 0 Å². The Labute approximate surface area is 170 Å². The first-order valence-corrected chi connectivity index (χ1v) is 10.8. The second-order valence-electron chi connectivity index (χ2n) is 8.05. The lowest BCUT2D eigenvalue weighted by Crippen LogP contribution is -2.45. The average molecular weight is 486 g/mol. The summed E-state index contributed by atoms with van der Waals surface area (Å²) in [7, 11) is -3.13. The van der Waals surface area contributed by atoms with E-state index in [1.165, 1.54) is 12.8 Å². The standard InChI is InChI=1S/C17H34N4O2S.HI/c1-6-18-16(19-9-10-24(22,23)17(3,4)5)20-14-11-13(2)21(12-14)15-7-8-15;/h13-15H,6-12H2,1-5H3,(H2,18,19,20);1H. The molecule has 2 fully saturated rings. The summed E-state index contributed by atoms with van der Waals surface area (Å²) in [5, 5.41) is 6.72. The zero-order valence-electron chi connectivity index (χ0n) is 16.2. The van der Waals surface area contributed by atoms with Crippen molar-refractivity contribution in [2.45, 2.75) is 76.8 Å². The zero-order chi connectivity index (χ0) is 18.0. The summed E-state index contributed by atoms with van der Waals surface area (Å²) >= 11 is 0. The molecule has 2 unspecified atom stereocenters. The number of nitrogens with zero attached hydrogens (tertiary/aromatic N) is 2. The Balaban J connectivity index is 0.00000312. The highest BCUT2D eigenvalue weighted by atomic mass is 127. The van der Waals surface area contributed by atoms with Crippen LogP contribution >= 0.6 is 24.0 Å². The van der Waals surface area contributed by atoms with Gasteiger partial charge in [-0.05, 0) is 53.9 Å². The van der Waals surface area contributed by atoms with Crippen LogP contribution in [0.4, 0.5) is 0 Å². The maximum Gasteiger partial charge on any atom is 0.191 e. The minimum atomic E-state index is -3.13. The molecule has 2 atom stereocenters. The fourth-order valence-electron chi connectivity index (χ4n) is 3.17. The molecule has 1 aliphatic carbocycles. The van der Waals surface area contributed by atoms with Crippen LogP contribution in [0.3, 0.4) is 0 Å². The van der Waals surface area contributed by atoms with E-state index >= 15 is 0 Å². The van der Waals surface area contributed by atoms with Crippen molar-refractivity contribution in [3.8, 4) is 0 Å². The van der Waals surface area contributed by atoms with E-state index in [0.29, 0.717) is 18.6 Å². The van der Waals surface area contributed by atoms with Gasteiger partial charge in [0.15, 0.2) is 15.8 Å². The Hall–Kier alpha value is -0.0900. The van der Waals surface area contributed by atoms with E-state index in [4.69, 9.17) is 0 Å². The van der Waals surface area contributed by atoms with E-state index < -0.39 is 14.6 Å². The molecule has 1 saturated heterocycles. The van der Waals surface area contributed by atoms with E-state index in [9.17, 15) is 8.42 Å². The lowest BCUT2D eigenvalue weighted by molar-refractivity contribution is 0.256. The highest BCUT2D eigenvalue weighted by molar-refractivity contribution is 14.0. The molecule has 25 heavy (non-hydrogen) atoms. The third-order valence-electron chi connectivity index (χ3n) is 4.89. The van der Waals surface area contributed by atoms with E-state index in [1.807, 2.05) is 6.92 Å². The van der Waals surface area contributed by atoms with E-state index in [-0.39, 0.29) is 29.7 Å². The van der Waals surface area contributed by atoms with E-state index in [2.05, 4.69) is 27.4 Å². The molecule has 0 spiro atoms. The van der Waals surface area contributed by atoms with Gasteiger partial charge < -0.3 is 10.6 Å². The lowest BCUT2D eigenvalue weighted by atomic mass is 10.2. The molecule has 1 saturated carbocycles. The van der Waals surface area contributed by atoms with Crippen molar-refractivity contribution < 1.29 is 8.42 Å². The number of likely N-dealkylation sites (tertiary alicyclic amines) is 1. The first-order valence-electron chi connectivity index (χ1n) is 9.17. The highest BCUT2D eigenvalue weighted by Crippen LogP contribution is 2.33. The zero-order valence-corrected chi connectivity index (χ0v) is 19.4. The Kier molecular flexibility index (Phi) is 8.46. The van der Waals surface area contributed by atoms with Crippen molar-refractivity contribution in [3.05, 3.63) is 0 Å². The van der Waals surface area contributed by atoms with Crippen LogP contribution in [-0.4, -0.2) is 67.5 Å². The maximum absolute atomic E-state index is 12.2. The smallest absolute Gasteiger partial charge is 0.191 e. The van der Waals surface area contributed by atoms with Gasteiger partial charge in [0.25, 0.3) is 0 Å². The fraction of sp³-hybridized carbons (Fsp3) is 0.941. The molecule has 8 heteroatoms. The predicted molar refractivity (Wildman–Crippen MR) is 116 cm³/mol. The van der Waals surface area contributed by atoms with Gasteiger partial charge >= 0.3 is 0 Å². The second kappa shape index (κ2) is 9.21. The second-order valence-corrected chi connectivity index (χ2v) is 10.9. The van der Waals surface area contributed by atoms with Crippen LogP contribution in [0, 0.1) is 0 Å². The number of sulfone groups is 1. The first-order chi connectivity index (χ1) is 11.1. The number of guanidine groups is 1. The summed E-state index contributed by atoms with van der Waals surface area (Å²) in [6, 6.07) is 1.78. The highest BCUT2D eigenvalue weighted by Gasteiger charge is 2.39. The van der Waals surface area contributed by atoms with Crippen LogP contribution in [0.5, 0.6) is 0 Å².